The number of nitrogens with two attached hydrogens (primary N) is 1. The van der Waals surface area contributed by atoms with Crippen LogP contribution in [-0.4, -0.2) is 45.3 Å². The fraction of sp³-hybridized carbons (Fsp3) is 0.462. The Morgan fingerprint density at radius 1 is 1.33 bits per heavy atom. The first-order valence-corrected chi connectivity index (χ1v) is 8.13. The summed E-state index contributed by atoms with van der Waals surface area (Å²) < 4.78 is 28.5. The van der Waals surface area contributed by atoms with Crippen LogP contribution in [0.4, 0.5) is 5.69 Å². The molecule has 8 heteroatoms. The van der Waals surface area contributed by atoms with E-state index in [2.05, 4.69) is 0 Å². The van der Waals surface area contributed by atoms with Crippen molar-refractivity contribution in [1.82, 2.24) is 0 Å². The van der Waals surface area contributed by atoms with E-state index in [1.807, 2.05) is 4.90 Å². The minimum atomic E-state index is -3.77. The van der Waals surface area contributed by atoms with Crippen LogP contribution in [0.25, 0.3) is 0 Å². The molecule has 3 N–H and O–H groups in total. The number of primary sulfonamides is 1. The van der Waals surface area contributed by atoms with Gasteiger partial charge in [-0.15, -0.1) is 0 Å². The molecule has 2 rings (SSSR count). The molecule has 0 radical (unpaired) electrons. The Balaban J connectivity index is 2.05. The van der Waals surface area contributed by atoms with E-state index in [0.717, 1.165) is 0 Å². The summed E-state index contributed by atoms with van der Waals surface area (Å²) in [6, 6.07) is 6.60. The average Bonchev–Trinajstić information content (AvgIpc) is 2.45. The molecule has 0 saturated carbocycles. The zero-order valence-corrected chi connectivity index (χ0v) is 12.3. The fourth-order valence-electron chi connectivity index (χ4n) is 2.41. The number of carbonyl (C=O) groups is 1. The number of nitrogens with zero attached hydrogens (tertiary/aromatic N) is 1. The van der Waals surface area contributed by atoms with Crippen LogP contribution < -0.4 is 10.0 Å². The van der Waals surface area contributed by atoms with Gasteiger partial charge in [-0.1, -0.05) is 12.1 Å². The third-order valence-corrected chi connectivity index (χ3v) is 4.36. The topological polar surface area (TPSA) is 110 Å². The van der Waals surface area contributed by atoms with E-state index in [-0.39, 0.29) is 17.6 Å². The van der Waals surface area contributed by atoms with Crippen LogP contribution in [-0.2, 0) is 19.6 Å². The van der Waals surface area contributed by atoms with Crippen molar-refractivity contribution in [3.63, 3.8) is 0 Å². The molecule has 1 saturated heterocycles. The molecule has 7 nitrogen and oxygen atoms in total. The molecule has 1 aromatic rings. The van der Waals surface area contributed by atoms with Crippen molar-refractivity contribution in [3.05, 3.63) is 24.3 Å². The van der Waals surface area contributed by atoms with Crippen LogP contribution in [0.2, 0.25) is 0 Å². The molecule has 0 unspecified atom stereocenters. The van der Waals surface area contributed by atoms with E-state index in [4.69, 9.17) is 15.0 Å². The van der Waals surface area contributed by atoms with Gasteiger partial charge in [0.15, 0.2) is 0 Å². The van der Waals surface area contributed by atoms with Gasteiger partial charge in [-0.25, -0.2) is 18.4 Å². The van der Waals surface area contributed by atoms with Crippen molar-refractivity contribution in [2.75, 3.05) is 24.6 Å². The van der Waals surface area contributed by atoms with Crippen LogP contribution in [0.3, 0.4) is 0 Å². The Morgan fingerprint density at radius 2 is 1.95 bits per heavy atom. The van der Waals surface area contributed by atoms with Gasteiger partial charge in [0.2, 0.25) is 10.0 Å². The second kappa shape index (κ2) is 6.42. The van der Waals surface area contributed by atoms with Gasteiger partial charge >= 0.3 is 5.97 Å². The maximum atomic E-state index is 11.6. The van der Waals surface area contributed by atoms with Gasteiger partial charge in [0, 0.05) is 13.1 Å². The second-order valence-electron chi connectivity index (χ2n) is 4.90. The maximum Gasteiger partial charge on any atom is 0.329 e. The van der Waals surface area contributed by atoms with Gasteiger partial charge in [0.1, 0.15) is 11.5 Å². The number of hydrogen-bond acceptors (Lipinski definition) is 5. The third-order valence-electron chi connectivity index (χ3n) is 3.40. The minimum absolute atomic E-state index is 0.106. The SMILES string of the molecule is NS(=O)(=O)c1ccccc1N1CCC(OCC(=O)O)CC1. The lowest BCUT2D eigenvalue weighted by atomic mass is 10.1. The number of ether oxygens (including phenoxy) is 1. The van der Waals surface area contributed by atoms with Crippen molar-refractivity contribution in [1.29, 1.82) is 0 Å². The lowest BCUT2D eigenvalue weighted by Gasteiger charge is -2.34. The number of sulfonamides is 1. The summed E-state index contributed by atoms with van der Waals surface area (Å²) in [7, 11) is -3.77. The Hall–Kier alpha value is -1.64. The zero-order valence-electron chi connectivity index (χ0n) is 11.4. The number of aliphatic carboxylic acids is 1. The minimum Gasteiger partial charge on any atom is -0.480 e. The largest absolute Gasteiger partial charge is 0.480 e. The first kappa shape index (κ1) is 15.7. The Bertz CT molecular complexity index is 609. The van der Waals surface area contributed by atoms with Crippen molar-refractivity contribution >= 4 is 21.7 Å². The molecular formula is C13H18N2O5S. The van der Waals surface area contributed by atoms with Crippen LogP contribution in [0.15, 0.2) is 29.2 Å². The predicted molar refractivity (Wildman–Crippen MR) is 76.6 cm³/mol. The molecule has 1 aliphatic rings. The van der Waals surface area contributed by atoms with Crippen LogP contribution >= 0.6 is 0 Å². The molecule has 0 bridgehead atoms. The number of para-hydroxylation sites is 1. The normalized spacial score (nSPS) is 16.9. The van der Waals surface area contributed by atoms with Crippen LogP contribution in [0, 0.1) is 0 Å². The van der Waals surface area contributed by atoms with Gasteiger partial charge in [-0.05, 0) is 25.0 Å². The van der Waals surface area contributed by atoms with Gasteiger partial charge in [-0.3, -0.25) is 0 Å². The van der Waals surface area contributed by atoms with Crippen molar-refractivity contribution < 1.29 is 23.1 Å². The maximum absolute atomic E-state index is 11.6. The van der Waals surface area contributed by atoms with E-state index in [9.17, 15) is 13.2 Å². The van der Waals surface area contributed by atoms with Gasteiger partial charge in [0.05, 0.1) is 11.8 Å². The zero-order chi connectivity index (χ0) is 15.5. The second-order valence-corrected chi connectivity index (χ2v) is 6.43. The van der Waals surface area contributed by atoms with Crippen molar-refractivity contribution in [3.8, 4) is 0 Å². The monoisotopic (exact) mass is 314 g/mol. The molecule has 0 amide bonds. The van der Waals surface area contributed by atoms with E-state index < -0.39 is 16.0 Å². The predicted octanol–water partition coefficient (Wildman–Crippen LogP) is 0.404. The molecule has 0 aromatic heterocycles. The summed E-state index contributed by atoms with van der Waals surface area (Å²) in [6.45, 7) is 0.881. The Morgan fingerprint density at radius 3 is 2.52 bits per heavy atom. The number of rotatable bonds is 5. The summed E-state index contributed by atoms with van der Waals surface area (Å²) in [5, 5.41) is 13.8. The van der Waals surface area contributed by atoms with E-state index >= 15 is 0 Å². The summed E-state index contributed by atoms with van der Waals surface area (Å²) >= 11 is 0. The van der Waals surface area contributed by atoms with Crippen LogP contribution in [0.1, 0.15) is 12.8 Å². The highest BCUT2D eigenvalue weighted by Gasteiger charge is 2.24. The molecule has 1 heterocycles. The van der Waals surface area contributed by atoms with E-state index in [0.29, 0.717) is 31.6 Å². The summed E-state index contributed by atoms with van der Waals surface area (Å²) in [4.78, 5) is 12.5. The van der Waals surface area contributed by atoms with Gasteiger partial charge in [-0.2, -0.15) is 0 Å². The van der Waals surface area contributed by atoms with Crippen LogP contribution in [0.5, 0.6) is 0 Å². The average molecular weight is 314 g/mol. The molecule has 0 aliphatic carbocycles. The Labute approximate surface area is 123 Å². The van der Waals surface area contributed by atoms with Crippen molar-refractivity contribution in [2.24, 2.45) is 5.14 Å². The van der Waals surface area contributed by atoms with Gasteiger partial charge < -0.3 is 14.7 Å². The van der Waals surface area contributed by atoms with E-state index in [1.165, 1.54) is 6.07 Å². The number of benzene rings is 1. The van der Waals surface area contributed by atoms with E-state index in [1.54, 1.807) is 18.2 Å². The van der Waals surface area contributed by atoms with Gasteiger partial charge in [0.25, 0.3) is 0 Å². The Kier molecular flexibility index (Phi) is 4.81. The summed E-state index contributed by atoms with van der Waals surface area (Å²) in [5.41, 5.74) is 0.580. The highest BCUT2D eigenvalue weighted by Crippen LogP contribution is 2.27. The third kappa shape index (κ3) is 4.16. The lowest BCUT2D eigenvalue weighted by Crippen LogP contribution is -2.38. The highest BCUT2D eigenvalue weighted by molar-refractivity contribution is 7.89. The number of hydrogen-bond donors (Lipinski definition) is 2. The molecule has 0 spiro atoms. The number of carboxylic acids is 1. The quantitative estimate of drug-likeness (QED) is 0.814. The number of anilines is 1. The highest BCUT2D eigenvalue weighted by atomic mass is 32.2. The lowest BCUT2D eigenvalue weighted by molar-refractivity contribution is -0.144. The number of piperidine rings is 1. The molecule has 21 heavy (non-hydrogen) atoms. The summed E-state index contributed by atoms with van der Waals surface area (Å²) in [5.74, 6) is -0.989. The molecule has 1 aromatic carbocycles. The molecule has 1 fully saturated rings. The fourth-order valence-corrected chi connectivity index (χ4v) is 3.17. The molecular weight excluding hydrogens is 296 g/mol. The molecule has 116 valence electrons. The van der Waals surface area contributed by atoms with Crippen molar-refractivity contribution in [2.45, 2.75) is 23.8 Å². The first-order valence-electron chi connectivity index (χ1n) is 6.58. The molecule has 1 aliphatic heterocycles. The molecule has 0 atom stereocenters. The number of carboxylic acid groups (broad SMARTS) is 1. The smallest absolute Gasteiger partial charge is 0.329 e. The first-order chi connectivity index (χ1) is 9.88. The standard InChI is InChI=1S/C13H18N2O5S/c14-21(18,19)12-4-2-1-3-11(12)15-7-5-10(6-8-15)20-9-13(16)17/h1-4,10H,5-9H2,(H,16,17)(H2,14,18,19). The summed E-state index contributed by atoms with van der Waals surface area (Å²) in [6.07, 6.45) is 1.18.